The van der Waals surface area contributed by atoms with Gasteiger partial charge in [0.1, 0.15) is 10.8 Å². The van der Waals surface area contributed by atoms with E-state index in [0.717, 1.165) is 54.6 Å². The third-order valence-corrected chi connectivity index (χ3v) is 6.68. The molecule has 0 aliphatic carbocycles. The summed E-state index contributed by atoms with van der Waals surface area (Å²) >= 11 is 1.77. The topological polar surface area (TPSA) is 57.7 Å². The largest absolute Gasteiger partial charge is 0.497 e. The summed E-state index contributed by atoms with van der Waals surface area (Å²) in [5.41, 5.74) is 2.15. The van der Waals surface area contributed by atoms with Crippen molar-refractivity contribution in [1.82, 2.24) is 20.1 Å². The highest BCUT2D eigenvalue weighted by atomic mass is 32.1. The number of aromatic nitrogens is 1. The maximum absolute atomic E-state index is 12.6. The van der Waals surface area contributed by atoms with Gasteiger partial charge in [0.05, 0.1) is 29.9 Å². The van der Waals surface area contributed by atoms with Crippen molar-refractivity contribution in [3.05, 3.63) is 59.1 Å². The van der Waals surface area contributed by atoms with Crippen molar-refractivity contribution in [1.29, 1.82) is 0 Å². The number of nitrogens with one attached hydrogen (secondary N) is 1. The molecule has 1 aliphatic rings. The highest BCUT2D eigenvalue weighted by Gasteiger charge is 2.25. The molecule has 158 valence electrons. The molecule has 1 aromatic heterocycles. The first-order valence-corrected chi connectivity index (χ1v) is 11.2. The summed E-state index contributed by atoms with van der Waals surface area (Å²) < 4.78 is 6.42. The summed E-state index contributed by atoms with van der Waals surface area (Å²) in [6.45, 7) is 7.09. The second kappa shape index (κ2) is 9.55. The summed E-state index contributed by atoms with van der Waals surface area (Å²) in [4.78, 5) is 22.0. The third kappa shape index (κ3) is 4.98. The van der Waals surface area contributed by atoms with E-state index >= 15 is 0 Å². The van der Waals surface area contributed by atoms with Gasteiger partial charge in [-0.3, -0.25) is 14.6 Å². The highest BCUT2D eigenvalue weighted by molar-refractivity contribution is 7.18. The molecule has 1 amide bonds. The lowest BCUT2D eigenvalue weighted by atomic mass is 10.2. The van der Waals surface area contributed by atoms with Crippen LogP contribution >= 0.6 is 11.3 Å². The molecule has 0 spiro atoms. The van der Waals surface area contributed by atoms with Crippen LogP contribution < -0.4 is 10.1 Å². The third-order valence-electron chi connectivity index (χ3n) is 5.66. The van der Waals surface area contributed by atoms with E-state index in [4.69, 9.17) is 9.72 Å². The van der Waals surface area contributed by atoms with Crippen molar-refractivity contribution in [3.8, 4) is 5.75 Å². The van der Waals surface area contributed by atoms with Gasteiger partial charge in [-0.1, -0.05) is 24.3 Å². The number of fused-ring (bicyclic) bond motifs is 1. The monoisotopic (exact) mass is 424 g/mol. The number of thiazole rings is 1. The summed E-state index contributed by atoms with van der Waals surface area (Å²) in [5, 5.41) is 4.22. The van der Waals surface area contributed by atoms with Gasteiger partial charge in [0.2, 0.25) is 5.91 Å². The number of benzene rings is 2. The van der Waals surface area contributed by atoms with Gasteiger partial charge in [-0.15, -0.1) is 11.3 Å². The minimum absolute atomic E-state index is 0.0745. The Labute approximate surface area is 181 Å². The average Bonchev–Trinajstić information content (AvgIpc) is 3.20. The van der Waals surface area contributed by atoms with Crippen LogP contribution in [0.5, 0.6) is 5.75 Å². The number of carbonyl (C=O) groups is 1. The molecule has 0 saturated carbocycles. The van der Waals surface area contributed by atoms with Crippen molar-refractivity contribution < 1.29 is 9.53 Å². The molecule has 7 heteroatoms. The average molecular weight is 425 g/mol. The number of hydrogen-bond acceptors (Lipinski definition) is 6. The molecule has 1 N–H and O–H groups in total. The maximum Gasteiger partial charge on any atom is 0.237 e. The summed E-state index contributed by atoms with van der Waals surface area (Å²) in [7, 11) is 1.65. The van der Waals surface area contributed by atoms with Crippen LogP contribution in [0.25, 0.3) is 10.2 Å². The number of hydrogen-bond donors (Lipinski definition) is 1. The number of carbonyl (C=O) groups excluding carboxylic acids is 1. The normalized spacial score (nSPS) is 16.5. The summed E-state index contributed by atoms with van der Waals surface area (Å²) in [6, 6.07) is 15.9. The Morgan fingerprint density at radius 2 is 1.87 bits per heavy atom. The molecule has 4 rings (SSSR count). The second-order valence-corrected chi connectivity index (χ2v) is 8.74. The van der Waals surface area contributed by atoms with E-state index in [1.54, 1.807) is 18.4 Å². The minimum Gasteiger partial charge on any atom is -0.497 e. The fourth-order valence-electron chi connectivity index (χ4n) is 3.73. The van der Waals surface area contributed by atoms with Crippen molar-refractivity contribution >= 4 is 27.5 Å². The molecule has 2 heterocycles. The van der Waals surface area contributed by atoms with E-state index in [2.05, 4.69) is 33.3 Å². The first-order chi connectivity index (χ1) is 14.6. The van der Waals surface area contributed by atoms with E-state index in [0.29, 0.717) is 6.54 Å². The van der Waals surface area contributed by atoms with Gasteiger partial charge < -0.3 is 10.1 Å². The Morgan fingerprint density at radius 3 is 2.57 bits per heavy atom. The Kier molecular flexibility index (Phi) is 6.62. The predicted molar refractivity (Wildman–Crippen MR) is 121 cm³/mol. The van der Waals surface area contributed by atoms with Crippen LogP contribution in [0.3, 0.4) is 0 Å². The molecule has 1 aliphatic heterocycles. The maximum atomic E-state index is 12.6. The van der Waals surface area contributed by atoms with Crippen molar-refractivity contribution in [2.75, 3.05) is 33.3 Å². The minimum atomic E-state index is -0.132. The van der Waals surface area contributed by atoms with Crippen LogP contribution in [-0.4, -0.2) is 60.0 Å². The van der Waals surface area contributed by atoms with E-state index in [-0.39, 0.29) is 11.9 Å². The molecule has 30 heavy (non-hydrogen) atoms. The summed E-state index contributed by atoms with van der Waals surface area (Å²) in [6.07, 6.45) is 0. The lowest BCUT2D eigenvalue weighted by Gasteiger charge is -2.37. The van der Waals surface area contributed by atoms with Gasteiger partial charge in [0, 0.05) is 32.7 Å². The number of piperazine rings is 1. The molecule has 1 atom stereocenters. The SMILES string of the molecule is COc1ccc(CNC(=O)[C@H](C)N2CCN(Cc3nc4ccccc4s3)CC2)cc1. The molecule has 1 fully saturated rings. The van der Waals surface area contributed by atoms with Crippen molar-refractivity contribution in [2.24, 2.45) is 0 Å². The van der Waals surface area contributed by atoms with E-state index < -0.39 is 0 Å². The highest BCUT2D eigenvalue weighted by Crippen LogP contribution is 2.23. The molecule has 2 aromatic carbocycles. The van der Waals surface area contributed by atoms with Crippen molar-refractivity contribution in [3.63, 3.8) is 0 Å². The van der Waals surface area contributed by atoms with Gasteiger partial charge in [-0.25, -0.2) is 4.98 Å². The van der Waals surface area contributed by atoms with E-state index in [1.807, 2.05) is 37.3 Å². The summed E-state index contributed by atoms with van der Waals surface area (Å²) in [5.74, 6) is 0.896. The zero-order chi connectivity index (χ0) is 20.9. The molecule has 0 radical (unpaired) electrons. The van der Waals surface area contributed by atoms with Crippen LogP contribution in [0.1, 0.15) is 17.5 Å². The smallest absolute Gasteiger partial charge is 0.237 e. The number of methoxy groups -OCH3 is 1. The van der Waals surface area contributed by atoms with Gasteiger partial charge >= 0.3 is 0 Å². The molecular formula is C23H28N4O2S. The Hall–Kier alpha value is -2.48. The Bertz CT molecular complexity index is 947. The van der Waals surface area contributed by atoms with E-state index in [1.165, 1.54) is 4.70 Å². The zero-order valence-corrected chi connectivity index (χ0v) is 18.3. The van der Waals surface area contributed by atoms with Crippen LogP contribution in [0, 0.1) is 0 Å². The number of amides is 1. The fourth-order valence-corrected chi connectivity index (χ4v) is 4.74. The molecule has 0 unspecified atom stereocenters. The van der Waals surface area contributed by atoms with Gasteiger partial charge in [-0.05, 0) is 36.8 Å². The van der Waals surface area contributed by atoms with Crippen molar-refractivity contribution in [2.45, 2.75) is 26.1 Å². The molecule has 1 saturated heterocycles. The fraction of sp³-hybridized carbons (Fsp3) is 0.391. The predicted octanol–water partition coefficient (Wildman–Crippen LogP) is 3.13. The standard InChI is InChI=1S/C23H28N4O2S/c1-17(23(28)24-15-18-7-9-19(29-2)10-8-18)27-13-11-26(12-14-27)16-22-25-20-5-3-4-6-21(20)30-22/h3-10,17H,11-16H2,1-2H3,(H,24,28)/t17-/m0/s1. The number of rotatable bonds is 7. The first kappa shape index (κ1) is 20.8. The number of ether oxygens (including phenoxy) is 1. The Morgan fingerprint density at radius 1 is 1.13 bits per heavy atom. The number of para-hydroxylation sites is 1. The van der Waals surface area contributed by atoms with Gasteiger partial charge in [0.25, 0.3) is 0 Å². The number of nitrogens with zero attached hydrogens (tertiary/aromatic N) is 3. The molecule has 3 aromatic rings. The quantitative estimate of drug-likeness (QED) is 0.632. The molecule has 6 nitrogen and oxygen atoms in total. The molecular weight excluding hydrogens is 396 g/mol. The van der Waals surface area contributed by atoms with Gasteiger partial charge in [-0.2, -0.15) is 0 Å². The van der Waals surface area contributed by atoms with Gasteiger partial charge in [0.15, 0.2) is 0 Å². The van der Waals surface area contributed by atoms with Crippen LogP contribution in [-0.2, 0) is 17.9 Å². The van der Waals surface area contributed by atoms with Crippen LogP contribution in [0.15, 0.2) is 48.5 Å². The lowest BCUT2D eigenvalue weighted by molar-refractivity contribution is -0.126. The lowest BCUT2D eigenvalue weighted by Crippen LogP contribution is -2.53. The van der Waals surface area contributed by atoms with E-state index in [9.17, 15) is 4.79 Å². The zero-order valence-electron chi connectivity index (χ0n) is 17.5. The van der Waals surface area contributed by atoms with Crippen LogP contribution in [0.2, 0.25) is 0 Å². The first-order valence-electron chi connectivity index (χ1n) is 10.3. The second-order valence-electron chi connectivity index (χ2n) is 7.63. The van der Waals surface area contributed by atoms with Crippen LogP contribution in [0.4, 0.5) is 0 Å². The Balaban J connectivity index is 1.23. The molecule has 0 bridgehead atoms.